The molecule has 1 aliphatic carbocycles. The fourth-order valence-electron chi connectivity index (χ4n) is 2.06. The van der Waals surface area contributed by atoms with Crippen molar-refractivity contribution in [3.63, 3.8) is 0 Å². The molecule has 3 heteroatoms. The molecule has 0 aromatic carbocycles. The summed E-state index contributed by atoms with van der Waals surface area (Å²) in [6, 6.07) is 0. The summed E-state index contributed by atoms with van der Waals surface area (Å²) in [7, 11) is 0. The van der Waals surface area contributed by atoms with Crippen molar-refractivity contribution in [3.05, 3.63) is 21.6 Å². The van der Waals surface area contributed by atoms with Gasteiger partial charge in [0.15, 0.2) is 0 Å². The van der Waals surface area contributed by atoms with Crippen molar-refractivity contribution in [1.29, 1.82) is 0 Å². The van der Waals surface area contributed by atoms with Crippen molar-refractivity contribution in [2.45, 2.75) is 38.3 Å². The van der Waals surface area contributed by atoms with Crippen LogP contribution in [-0.4, -0.2) is 0 Å². The minimum Gasteiger partial charge on any atom is -0.463 e. The van der Waals surface area contributed by atoms with Crippen LogP contribution in [-0.2, 0) is 13.1 Å². The molecular formula is C10H12BrNO. The molecule has 1 fully saturated rings. The molecule has 1 aliphatic heterocycles. The maximum Gasteiger partial charge on any atom is 0.123 e. The Kier molecular flexibility index (Phi) is 1.77. The van der Waals surface area contributed by atoms with Crippen LogP contribution in [0, 0.1) is 0 Å². The lowest BCUT2D eigenvalue weighted by atomic mass is 9.83. The number of hydrogen-bond donors (Lipinski definition) is 1. The van der Waals surface area contributed by atoms with Gasteiger partial charge in [0.1, 0.15) is 11.5 Å². The summed E-state index contributed by atoms with van der Waals surface area (Å²) in [4.78, 5) is 0. The zero-order chi connectivity index (χ0) is 8.84. The lowest BCUT2D eigenvalue weighted by Crippen LogP contribution is -2.09. The summed E-state index contributed by atoms with van der Waals surface area (Å²) in [6.07, 6.45) is 3.97. The normalized spacial score (nSPS) is 21.6. The van der Waals surface area contributed by atoms with Crippen molar-refractivity contribution in [1.82, 2.24) is 5.32 Å². The summed E-state index contributed by atoms with van der Waals surface area (Å²) in [5.41, 5.74) is 1.35. The molecule has 2 aliphatic rings. The van der Waals surface area contributed by atoms with Crippen LogP contribution in [0.15, 0.2) is 8.89 Å². The Balaban J connectivity index is 2.01. The first-order valence-electron chi connectivity index (χ1n) is 4.87. The SMILES string of the molecule is Brc1c(C2CCC2)oc2c1CNC2. The maximum absolute atomic E-state index is 5.85. The predicted octanol–water partition coefficient (Wildman–Crippen LogP) is 2.91. The molecule has 1 saturated carbocycles. The lowest BCUT2D eigenvalue weighted by Gasteiger charge is -2.23. The topological polar surface area (TPSA) is 25.2 Å². The van der Waals surface area contributed by atoms with E-state index in [0.717, 1.165) is 18.8 Å². The third-order valence-corrected chi connectivity index (χ3v) is 3.98. The van der Waals surface area contributed by atoms with E-state index >= 15 is 0 Å². The van der Waals surface area contributed by atoms with Crippen LogP contribution in [0.4, 0.5) is 0 Å². The molecule has 1 aromatic heterocycles. The maximum atomic E-state index is 5.85. The molecule has 0 unspecified atom stereocenters. The zero-order valence-electron chi connectivity index (χ0n) is 7.40. The minimum atomic E-state index is 0.694. The van der Waals surface area contributed by atoms with Gasteiger partial charge < -0.3 is 9.73 Å². The Labute approximate surface area is 85.8 Å². The second kappa shape index (κ2) is 2.85. The quantitative estimate of drug-likeness (QED) is 0.819. The molecular weight excluding hydrogens is 230 g/mol. The molecule has 2 heterocycles. The van der Waals surface area contributed by atoms with E-state index in [2.05, 4.69) is 21.2 Å². The molecule has 0 atom stereocenters. The van der Waals surface area contributed by atoms with Crippen LogP contribution in [0.2, 0.25) is 0 Å². The smallest absolute Gasteiger partial charge is 0.123 e. The van der Waals surface area contributed by atoms with E-state index in [4.69, 9.17) is 4.42 Å². The number of furan rings is 1. The van der Waals surface area contributed by atoms with Gasteiger partial charge in [0.2, 0.25) is 0 Å². The van der Waals surface area contributed by atoms with Gasteiger partial charge in [-0.05, 0) is 28.8 Å². The van der Waals surface area contributed by atoms with Crippen LogP contribution >= 0.6 is 15.9 Å². The summed E-state index contributed by atoms with van der Waals surface area (Å²) in [5, 5.41) is 3.29. The van der Waals surface area contributed by atoms with Crippen molar-refractivity contribution in [2.24, 2.45) is 0 Å². The van der Waals surface area contributed by atoms with Crippen LogP contribution in [0.3, 0.4) is 0 Å². The van der Waals surface area contributed by atoms with Gasteiger partial charge in [-0.25, -0.2) is 0 Å². The third kappa shape index (κ3) is 1.10. The van der Waals surface area contributed by atoms with Crippen LogP contribution in [0.25, 0.3) is 0 Å². The van der Waals surface area contributed by atoms with Gasteiger partial charge in [0.25, 0.3) is 0 Å². The fourth-order valence-corrected chi connectivity index (χ4v) is 2.83. The van der Waals surface area contributed by atoms with Gasteiger partial charge in [-0.1, -0.05) is 6.42 Å². The number of halogens is 1. The first-order valence-corrected chi connectivity index (χ1v) is 5.66. The molecule has 13 heavy (non-hydrogen) atoms. The monoisotopic (exact) mass is 241 g/mol. The van der Waals surface area contributed by atoms with Gasteiger partial charge in [-0.15, -0.1) is 0 Å². The highest BCUT2D eigenvalue weighted by Gasteiger charge is 2.30. The summed E-state index contributed by atoms with van der Waals surface area (Å²) in [5.74, 6) is 3.05. The van der Waals surface area contributed by atoms with Crippen molar-refractivity contribution in [3.8, 4) is 0 Å². The van der Waals surface area contributed by atoms with E-state index < -0.39 is 0 Å². The van der Waals surface area contributed by atoms with Gasteiger partial charge >= 0.3 is 0 Å². The highest BCUT2D eigenvalue weighted by Crippen LogP contribution is 2.43. The second-order valence-electron chi connectivity index (χ2n) is 3.91. The average Bonchev–Trinajstić information content (AvgIpc) is 2.54. The summed E-state index contributed by atoms with van der Waals surface area (Å²) in [6.45, 7) is 1.87. The fraction of sp³-hybridized carbons (Fsp3) is 0.600. The molecule has 2 nitrogen and oxygen atoms in total. The number of nitrogens with one attached hydrogen (secondary N) is 1. The molecule has 0 amide bonds. The van der Waals surface area contributed by atoms with Crippen molar-refractivity contribution >= 4 is 15.9 Å². The van der Waals surface area contributed by atoms with Gasteiger partial charge in [0, 0.05) is 18.0 Å². The Morgan fingerprint density at radius 2 is 2.15 bits per heavy atom. The standard InChI is InChI=1S/C10H12BrNO/c11-9-7-4-12-5-8(7)13-10(9)6-2-1-3-6/h6,12H,1-5H2. The van der Waals surface area contributed by atoms with Crippen molar-refractivity contribution < 1.29 is 4.42 Å². The van der Waals surface area contributed by atoms with E-state index in [0.29, 0.717) is 5.92 Å². The molecule has 0 spiro atoms. The van der Waals surface area contributed by atoms with Crippen LogP contribution in [0.5, 0.6) is 0 Å². The van der Waals surface area contributed by atoms with Gasteiger partial charge in [0.05, 0.1) is 11.0 Å². The van der Waals surface area contributed by atoms with Gasteiger partial charge in [-0.2, -0.15) is 0 Å². The number of hydrogen-bond acceptors (Lipinski definition) is 2. The van der Waals surface area contributed by atoms with Gasteiger partial charge in [-0.3, -0.25) is 0 Å². The number of rotatable bonds is 1. The molecule has 70 valence electrons. The Bertz CT molecular complexity index is 341. The Morgan fingerprint density at radius 3 is 2.77 bits per heavy atom. The molecule has 3 rings (SSSR count). The highest BCUT2D eigenvalue weighted by atomic mass is 79.9. The first kappa shape index (κ1) is 8.06. The highest BCUT2D eigenvalue weighted by molar-refractivity contribution is 9.10. The van der Waals surface area contributed by atoms with E-state index in [9.17, 15) is 0 Å². The largest absolute Gasteiger partial charge is 0.463 e. The number of fused-ring (bicyclic) bond motifs is 1. The Hall–Kier alpha value is -0.280. The lowest BCUT2D eigenvalue weighted by molar-refractivity contribution is 0.333. The molecule has 1 aromatic rings. The molecule has 0 radical (unpaired) electrons. The molecule has 1 N–H and O–H groups in total. The van der Waals surface area contributed by atoms with E-state index in [-0.39, 0.29) is 0 Å². The zero-order valence-corrected chi connectivity index (χ0v) is 8.99. The van der Waals surface area contributed by atoms with E-state index in [1.54, 1.807) is 0 Å². The minimum absolute atomic E-state index is 0.694. The summed E-state index contributed by atoms with van der Waals surface area (Å²) < 4.78 is 7.08. The van der Waals surface area contributed by atoms with Crippen LogP contribution in [0.1, 0.15) is 42.3 Å². The Morgan fingerprint density at radius 1 is 1.31 bits per heavy atom. The predicted molar refractivity (Wildman–Crippen MR) is 53.5 cm³/mol. The average molecular weight is 242 g/mol. The second-order valence-corrected chi connectivity index (χ2v) is 4.71. The van der Waals surface area contributed by atoms with E-state index in [1.165, 1.54) is 35.1 Å². The molecule has 0 bridgehead atoms. The van der Waals surface area contributed by atoms with Crippen LogP contribution < -0.4 is 5.32 Å². The molecule has 0 saturated heterocycles. The van der Waals surface area contributed by atoms with Crippen molar-refractivity contribution in [2.75, 3.05) is 0 Å². The van der Waals surface area contributed by atoms with E-state index in [1.807, 2.05) is 0 Å². The summed E-state index contributed by atoms with van der Waals surface area (Å²) >= 11 is 3.64. The third-order valence-electron chi connectivity index (χ3n) is 3.11. The first-order chi connectivity index (χ1) is 6.36.